The molecule has 1 aromatic rings. The predicted octanol–water partition coefficient (Wildman–Crippen LogP) is 1.67. The number of likely N-dealkylation sites (tertiary alicyclic amines) is 1. The number of piperidine rings is 1. The summed E-state index contributed by atoms with van der Waals surface area (Å²) in [6, 6.07) is 6.60. The predicted molar refractivity (Wildman–Crippen MR) is 121 cm³/mol. The second-order valence-electron chi connectivity index (χ2n) is 9.22. The van der Waals surface area contributed by atoms with Crippen LogP contribution in [0.1, 0.15) is 37.0 Å². The van der Waals surface area contributed by atoms with E-state index in [4.69, 9.17) is 9.47 Å². The third kappa shape index (κ3) is 5.34. The van der Waals surface area contributed by atoms with E-state index in [-0.39, 0.29) is 28.6 Å². The first kappa shape index (κ1) is 23.6. The minimum atomic E-state index is -3.73. The lowest BCUT2D eigenvalue weighted by Crippen LogP contribution is -2.48. The van der Waals surface area contributed by atoms with Crippen LogP contribution >= 0.6 is 0 Å². The maximum absolute atomic E-state index is 13.3. The van der Waals surface area contributed by atoms with E-state index >= 15 is 0 Å². The number of sulfonamides is 1. The largest absolute Gasteiger partial charge is 0.379 e. The lowest BCUT2D eigenvalue weighted by Gasteiger charge is -2.39. The lowest BCUT2D eigenvalue weighted by atomic mass is 9.95. The van der Waals surface area contributed by atoms with Crippen molar-refractivity contribution in [3.05, 3.63) is 29.8 Å². The fraction of sp³-hybridized carbons (Fsp3) is 0.696. The number of hydrogen-bond acceptors (Lipinski definition) is 6. The van der Waals surface area contributed by atoms with E-state index in [1.807, 2.05) is 4.90 Å². The summed E-state index contributed by atoms with van der Waals surface area (Å²) in [5.41, 5.74) is 0.272. The van der Waals surface area contributed by atoms with E-state index in [9.17, 15) is 13.2 Å². The van der Waals surface area contributed by atoms with E-state index in [2.05, 4.69) is 18.7 Å². The molecule has 0 saturated carbocycles. The maximum atomic E-state index is 13.3. The molecule has 32 heavy (non-hydrogen) atoms. The van der Waals surface area contributed by atoms with Crippen molar-refractivity contribution in [2.24, 2.45) is 5.92 Å². The minimum Gasteiger partial charge on any atom is -0.379 e. The zero-order valence-corrected chi connectivity index (χ0v) is 19.9. The zero-order valence-electron chi connectivity index (χ0n) is 19.1. The summed E-state index contributed by atoms with van der Waals surface area (Å²) < 4.78 is 38.9. The average molecular weight is 466 g/mol. The molecule has 0 radical (unpaired) electrons. The molecule has 1 amide bonds. The molecular formula is C23H35N3O5S. The van der Waals surface area contributed by atoms with Gasteiger partial charge in [-0.25, -0.2) is 8.42 Å². The number of benzene rings is 1. The Bertz CT molecular complexity index is 885. The van der Waals surface area contributed by atoms with Gasteiger partial charge in [0.15, 0.2) is 0 Å². The molecule has 8 nitrogen and oxygen atoms in total. The van der Waals surface area contributed by atoms with Gasteiger partial charge in [-0.15, -0.1) is 0 Å². The van der Waals surface area contributed by atoms with Crippen LogP contribution < -0.4 is 0 Å². The van der Waals surface area contributed by atoms with Crippen molar-refractivity contribution in [3.8, 4) is 0 Å². The van der Waals surface area contributed by atoms with Crippen molar-refractivity contribution >= 4 is 15.9 Å². The van der Waals surface area contributed by atoms with Gasteiger partial charge in [0.1, 0.15) is 0 Å². The Hall–Kier alpha value is -1.52. The van der Waals surface area contributed by atoms with Crippen molar-refractivity contribution in [2.75, 3.05) is 59.0 Å². The first-order valence-electron chi connectivity index (χ1n) is 11.7. The number of ether oxygens (including phenoxy) is 2. The molecule has 3 fully saturated rings. The van der Waals surface area contributed by atoms with Crippen LogP contribution in [0.25, 0.3) is 0 Å². The molecule has 0 aliphatic carbocycles. The van der Waals surface area contributed by atoms with Crippen molar-refractivity contribution in [1.82, 2.24) is 14.1 Å². The fourth-order valence-corrected chi connectivity index (χ4v) is 6.67. The number of amides is 1. The minimum absolute atomic E-state index is 0.102. The quantitative estimate of drug-likeness (QED) is 0.658. The Morgan fingerprint density at radius 2 is 1.62 bits per heavy atom. The summed E-state index contributed by atoms with van der Waals surface area (Å²) in [4.78, 5) is 17.7. The van der Waals surface area contributed by atoms with Gasteiger partial charge in [0, 0.05) is 45.8 Å². The molecule has 2 unspecified atom stereocenters. The average Bonchev–Trinajstić information content (AvgIpc) is 2.79. The molecule has 3 heterocycles. The van der Waals surface area contributed by atoms with Crippen LogP contribution in [0.5, 0.6) is 0 Å². The van der Waals surface area contributed by atoms with Crippen LogP contribution in [-0.2, 0) is 19.5 Å². The zero-order chi connectivity index (χ0) is 22.7. The number of nitrogens with zero attached hydrogens (tertiary/aromatic N) is 3. The van der Waals surface area contributed by atoms with E-state index in [1.165, 1.54) is 4.31 Å². The van der Waals surface area contributed by atoms with Crippen LogP contribution in [0.4, 0.5) is 0 Å². The second kappa shape index (κ2) is 10.2. The molecular weight excluding hydrogens is 430 g/mol. The molecule has 1 aromatic carbocycles. The summed E-state index contributed by atoms with van der Waals surface area (Å²) in [6.07, 6.45) is 2.38. The molecule has 178 valence electrons. The van der Waals surface area contributed by atoms with Crippen molar-refractivity contribution < 1.29 is 22.7 Å². The molecule has 3 aliphatic heterocycles. The maximum Gasteiger partial charge on any atom is 0.255 e. The van der Waals surface area contributed by atoms with Crippen LogP contribution in [0.2, 0.25) is 0 Å². The summed E-state index contributed by atoms with van der Waals surface area (Å²) in [5.74, 6) is 0.355. The van der Waals surface area contributed by atoms with Gasteiger partial charge in [-0.1, -0.05) is 12.1 Å². The Labute approximate surface area is 191 Å². The molecule has 3 saturated heterocycles. The topological polar surface area (TPSA) is 79.4 Å². The Morgan fingerprint density at radius 1 is 1.00 bits per heavy atom. The fourth-order valence-electron chi connectivity index (χ4n) is 5.08. The normalized spacial score (nSPS) is 26.9. The van der Waals surface area contributed by atoms with E-state index < -0.39 is 10.0 Å². The highest BCUT2D eigenvalue weighted by Crippen LogP contribution is 2.26. The summed E-state index contributed by atoms with van der Waals surface area (Å²) in [7, 11) is -3.73. The number of carbonyl (C=O) groups is 1. The highest BCUT2D eigenvalue weighted by molar-refractivity contribution is 7.89. The van der Waals surface area contributed by atoms with Crippen molar-refractivity contribution in [3.63, 3.8) is 0 Å². The van der Waals surface area contributed by atoms with Gasteiger partial charge in [-0.2, -0.15) is 4.31 Å². The van der Waals surface area contributed by atoms with Crippen LogP contribution in [0.3, 0.4) is 0 Å². The van der Waals surface area contributed by atoms with Gasteiger partial charge >= 0.3 is 0 Å². The van der Waals surface area contributed by atoms with Gasteiger partial charge in [-0.05, 0) is 44.7 Å². The Kier molecular flexibility index (Phi) is 7.51. The molecule has 3 aliphatic rings. The smallest absolute Gasteiger partial charge is 0.255 e. The highest BCUT2D eigenvalue weighted by atomic mass is 32.2. The van der Waals surface area contributed by atoms with Crippen LogP contribution in [0.15, 0.2) is 29.2 Å². The standard InChI is InChI=1S/C23H35N3O5S/c1-18-15-24(16-19(2)31-18)17-20-7-9-25(10-8-20)23(27)21-5-3-4-6-22(21)32(28,29)26-11-13-30-14-12-26/h3-6,18-20H,7-17H2,1-2H3. The second-order valence-corrected chi connectivity index (χ2v) is 11.1. The van der Waals surface area contributed by atoms with Gasteiger partial charge in [0.05, 0.1) is 35.9 Å². The van der Waals surface area contributed by atoms with Gasteiger partial charge in [0.25, 0.3) is 5.91 Å². The first-order chi connectivity index (χ1) is 15.3. The molecule has 2 atom stereocenters. The molecule has 0 aromatic heterocycles. The number of hydrogen-bond donors (Lipinski definition) is 0. The van der Waals surface area contributed by atoms with Crippen molar-refractivity contribution in [2.45, 2.75) is 43.8 Å². The number of carbonyl (C=O) groups excluding carboxylic acids is 1. The summed E-state index contributed by atoms with van der Waals surface area (Å²) >= 11 is 0. The third-order valence-electron chi connectivity index (χ3n) is 6.62. The third-order valence-corrected chi connectivity index (χ3v) is 8.58. The molecule has 9 heteroatoms. The Balaban J connectivity index is 1.40. The van der Waals surface area contributed by atoms with Gasteiger partial charge < -0.3 is 14.4 Å². The van der Waals surface area contributed by atoms with Gasteiger partial charge in [0.2, 0.25) is 10.0 Å². The number of rotatable bonds is 5. The highest BCUT2D eigenvalue weighted by Gasteiger charge is 2.33. The van der Waals surface area contributed by atoms with Crippen LogP contribution in [-0.4, -0.2) is 99.7 Å². The molecule has 0 bridgehead atoms. The molecule has 0 spiro atoms. The lowest BCUT2D eigenvalue weighted by molar-refractivity contribution is -0.0728. The van der Waals surface area contributed by atoms with Crippen LogP contribution in [0, 0.1) is 5.92 Å². The van der Waals surface area contributed by atoms with Crippen molar-refractivity contribution in [1.29, 1.82) is 0 Å². The Morgan fingerprint density at radius 3 is 2.28 bits per heavy atom. The van der Waals surface area contributed by atoms with E-state index in [0.717, 1.165) is 32.5 Å². The van der Waals surface area contributed by atoms with E-state index in [1.54, 1.807) is 24.3 Å². The van der Waals surface area contributed by atoms with E-state index in [0.29, 0.717) is 45.3 Å². The number of morpholine rings is 2. The first-order valence-corrected chi connectivity index (χ1v) is 13.1. The molecule has 0 N–H and O–H groups in total. The summed E-state index contributed by atoms with van der Waals surface area (Å²) in [5, 5.41) is 0. The van der Waals surface area contributed by atoms with Gasteiger partial charge in [-0.3, -0.25) is 9.69 Å². The molecule has 4 rings (SSSR count). The monoisotopic (exact) mass is 465 g/mol. The SMILES string of the molecule is CC1CN(CC2CCN(C(=O)c3ccccc3S(=O)(=O)N3CCOCC3)CC2)CC(C)O1. The summed E-state index contributed by atoms with van der Waals surface area (Å²) in [6.45, 7) is 9.88.